The van der Waals surface area contributed by atoms with E-state index in [1.165, 1.54) is 5.56 Å². The van der Waals surface area contributed by atoms with E-state index in [4.69, 9.17) is 0 Å². The van der Waals surface area contributed by atoms with E-state index in [1.54, 1.807) is 0 Å². The van der Waals surface area contributed by atoms with Crippen molar-refractivity contribution in [2.24, 2.45) is 0 Å². The Morgan fingerprint density at radius 1 is 1.12 bits per heavy atom. The molecule has 0 saturated heterocycles. The first kappa shape index (κ1) is 25.5. The predicted octanol–water partition coefficient (Wildman–Crippen LogP) is 2.40. The highest BCUT2D eigenvalue weighted by molar-refractivity contribution is 7.09. The first-order chi connectivity index (χ1) is 16.2. The van der Waals surface area contributed by atoms with E-state index in [9.17, 15) is 28.6 Å². The second kappa shape index (κ2) is 11.9. The molecule has 0 aliphatic heterocycles. The van der Waals surface area contributed by atoms with Crippen molar-refractivity contribution in [3.63, 3.8) is 0 Å². The maximum Gasteiger partial charge on any atom is 0.307 e. The van der Waals surface area contributed by atoms with Crippen LogP contribution in [0.4, 0.5) is 8.78 Å². The number of aryl methyl sites for hydroxylation is 1. The number of amides is 1. The molecule has 5 N–H and O–H groups in total. The van der Waals surface area contributed by atoms with Crippen LogP contribution in [0.2, 0.25) is 0 Å². The summed E-state index contributed by atoms with van der Waals surface area (Å²) in [4.78, 5) is 25.8. The Balaban J connectivity index is 1.68. The molecule has 10 heteroatoms. The van der Waals surface area contributed by atoms with Crippen molar-refractivity contribution in [3.05, 3.63) is 85.3 Å². The monoisotopic (exact) mass is 491 g/mol. The molecule has 3 aromatic rings. The average molecular weight is 492 g/mol. The number of carbonyl (C=O) groups is 1. The summed E-state index contributed by atoms with van der Waals surface area (Å²) >= 11 is 0.705. The Kier molecular flexibility index (Phi) is 8.91. The lowest BCUT2D eigenvalue weighted by atomic mass is 10.00. The van der Waals surface area contributed by atoms with Crippen LogP contribution in [0.15, 0.2) is 47.3 Å². The minimum absolute atomic E-state index is 0.0239. The maximum absolute atomic E-state index is 13.7. The van der Waals surface area contributed by atoms with Crippen LogP contribution >= 0.6 is 11.3 Å². The van der Waals surface area contributed by atoms with Crippen LogP contribution in [-0.2, 0) is 30.6 Å². The van der Waals surface area contributed by atoms with Gasteiger partial charge in [0.05, 0.1) is 23.4 Å². The van der Waals surface area contributed by atoms with Crippen LogP contribution in [0.5, 0.6) is 5.88 Å². The van der Waals surface area contributed by atoms with Gasteiger partial charge in [0.15, 0.2) is 0 Å². The lowest BCUT2D eigenvalue weighted by Crippen LogP contribution is -2.49. The van der Waals surface area contributed by atoms with Crippen LogP contribution in [0, 0.1) is 11.6 Å². The van der Waals surface area contributed by atoms with E-state index in [0.717, 1.165) is 30.2 Å². The van der Waals surface area contributed by atoms with Crippen LogP contribution in [-0.4, -0.2) is 39.8 Å². The second-order valence-electron chi connectivity index (χ2n) is 7.99. The average Bonchev–Trinajstić information content (AvgIpc) is 3.09. The van der Waals surface area contributed by atoms with Crippen molar-refractivity contribution in [1.29, 1.82) is 0 Å². The van der Waals surface area contributed by atoms with E-state index in [0.29, 0.717) is 17.9 Å². The molecule has 3 rings (SSSR count). The molecule has 0 spiro atoms. The normalized spacial score (nSPS) is 12.9. The molecule has 1 aromatic heterocycles. The number of aromatic amines is 1. The minimum atomic E-state index is -1.08. The molecule has 7 nitrogen and oxygen atoms in total. The summed E-state index contributed by atoms with van der Waals surface area (Å²) in [5.41, 5.74) is 2.50. The van der Waals surface area contributed by atoms with Crippen molar-refractivity contribution < 1.29 is 23.8 Å². The molecule has 182 valence electrons. The number of hydrogen-bond acceptors (Lipinski definition) is 6. The fourth-order valence-corrected chi connectivity index (χ4v) is 4.33. The number of aromatic nitrogens is 1. The van der Waals surface area contributed by atoms with Gasteiger partial charge in [0.25, 0.3) is 0 Å². The minimum Gasteiger partial charge on any atom is -0.494 e. The van der Waals surface area contributed by atoms with Crippen LogP contribution < -0.4 is 15.5 Å². The zero-order valence-corrected chi connectivity index (χ0v) is 19.4. The van der Waals surface area contributed by atoms with E-state index in [-0.39, 0.29) is 35.7 Å². The Bertz CT molecular complexity index is 1160. The number of H-pyrrole nitrogens is 1. The summed E-state index contributed by atoms with van der Waals surface area (Å²) in [5, 5.41) is 26.3. The molecule has 2 atom stereocenters. The number of benzene rings is 2. The quantitative estimate of drug-likeness (QED) is 0.283. The molecule has 0 aliphatic carbocycles. The van der Waals surface area contributed by atoms with E-state index in [2.05, 4.69) is 28.6 Å². The zero-order chi connectivity index (χ0) is 24.7. The predicted molar refractivity (Wildman–Crippen MR) is 126 cm³/mol. The number of thiazole rings is 1. The molecule has 0 aliphatic rings. The Labute approximate surface area is 199 Å². The number of nitrogens with one attached hydrogen (secondary N) is 3. The summed E-state index contributed by atoms with van der Waals surface area (Å²) < 4.78 is 27.3. The molecule has 0 saturated carbocycles. The van der Waals surface area contributed by atoms with Crippen molar-refractivity contribution >= 4 is 17.2 Å². The molecule has 34 heavy (non-hydrogen) atoms. The van der Waals surface area contributed by atoms with Gasteiger partial charge in [0, 0.05) is 19.2 Å². The van der Waals surface area contributed by atoms with Gasteiger partial charge < -0.3 is 20.8 Å². The summed E-state index contributed by atoms with van der Waals surface area (Å²) in [5.74, 6) is -2.46. The van der Waals surface area contributed by atoms with Gasteiger partial charge in [-0.1, -0.05) is 42.5 Å². The number of aromatic hydroxyl groups is 1. The van der Waals surface area contributed by atoms with E-state index in [1.807, 2.05) is 18.2 Å². The number of halogens is 2. The van der Waals surface area contributed by atoms with Crippen LogP contribution in [0.25, 0.3) is 0 Å². The SMILES string of the molecule is CCc1cccc(CNC[C@@H](O)[C@H](Cc2cc(F)cc(F)c2)NC(=O)Cc2sc(=O)[nH]c2O)c1. The molecular formula is C24H27F2N3O4S. The third kappa shape index (κ3) is 7.47. The third-order valence-corrected chi connectivity index (χ3v) is 6.16. The molecular weight excluding hydrogens is 464 g/mol. The van der Waals surface area contributed by atoms with Gasteiger partial charge in [0.1, 0.15) is 11.6 Å². The van der Waals surface area contributed by atoms with Gasteiger partial charge in [-0.15, -0.1) is 0 Å². The first-order valence-electron chi connectivity index (χ1n) is 10.9. The van der Waals surface area contributed by atoms with Crippen LogP contribution in [0.1, 0.15) is 28.5 Å². The fourth-order valence-electron chi connectivity index (χ4n) is 3.61. The number of carbonyl (C=O) groups excluding carboxylic acids is 1. The summed E-state index contributed by atoms with van der Waals surface area (Å²) in [6.07, 6.45) is -0.486. The summed E-state index contributed by atoms with van der Waals surface area (Å²) in [7, 11) is 0. The standard InChI is InChI=1S/C24H27F2N3O4S/c1-2-14-4-3-5-15(6-14)12-27-13-20(30)19(9-16-7-17(25)10-18(26)8-16)28-22(31)11-21-23(32)29-24(33)34-21/h3-8,10,19-20,27,30,32H,2,9,11-13H2,1H3,(H,28,31)(H,29,33)/t19-,20+/m0/s1. The van der Waals surface area contributed by atoms with Crippen molar-refractivity contribution in [3.8, 4) is 5.88 Å². The molecule has 1 heterocycles. The molecule has 0 radical (unpaired) electrons. The van der Waals surface area contributed by atoms with Gasteiger partial charge in [0.2, 0.25) is 11.8 Å². The van der Waals surface area contributed by atoms with Crippen molar-refractivity contribution in [2.75, 3.05) is 6.54 Å². The second-order valence-corrected chi connectivity index (χ2v) is 9.06. The number of aliphatic hydroxyl groups excluding tert-OH is 1. The third-order valence-electron chi connectivity index (χ3n) is 5.29. The highest BCUT2D eigenvalue weighted by Gasteiger charge is 2.23. The topological polar surface area (TPSA) is 114 Å². The number of hydrogen-bond donors (Lipinski definition) is 5. The van der Waals surface area contributed by atoms with Gasteiger partial charge in [-0.2, -0.15) is 0 Å². The fraction of sp³-hybridized carbons (Fsp3) is 0.333. The van der Waals surface area contributed by atoms with Gasteiger partial charge in [-0.25, -0.2) is 8.78 Å². The van der Waals surface area contributed by atoms with Crippen molar-refractivity contribution in [2.45, 2.75) is 44.9 Å². The lowest BCUT2D eigenvalue weighted by Gasteiger charge is -2.25. The van der Waals surface area contributed by atoms with Gasteiger partial charge >= 0.3 is 4.87 Å². The molecule has 2 aromatic carbocycles. The molecule has 0 fully saturated rings. The number of aliphatic hydroxyl groups is 1. The Hall–Kier alpha value is -3.08. The summed E-state index contributed by atoms with van der Waals surface area (Å²) in [6.45, 7) is 2.66. The van der Waals surface area contributed by atoms with Gasteiger partial charge in [-0.05, 0) is 41.7 Å². The largest absolute Gasteiger partial charge is 0.494 e. The highest BCUT2D eigenvalue weighted by Crippen LogP contribution is 2.17. The lowest BCUT2D eigenvalue weighted by molar-refractivity contribution is -0.122. The maximum atomic E-state index is 13.7. The van der Waals surface area contributed by atoms with Gasteiger partial charge in [-0.3, -0.25) is 14.6 Å². The molecule has 0 bridgehead atoms. The summed E-state index contributed by atoms with van der Waals surface area (Å²) in [6, 6.07) is 10.2. The van der Waals surface area contributed by atoms with Crippen molar-refractivity contribution in [1.82, 2.24) is 15.6 Å². The molecule has 0 unspecified atom stereocenters. The first-order valence-corrected chi connectivity index (χ1v) is 11.7. The Morgan fingerprint density at radius 2 is 1.82 bits per heavy atom. The zero-order valence-electron chi connectivity index (χ0n) is 18.6. The molecule has 1 amide bonds. The van der Waals surface area contributed by atoms with E-state index >= 15 is 0 Å². The Morgan fingerprint density at radius 3 is 2.47 bits per heavy atom. The highest BCUT2D eigenvalue weighted by atomic mass is 32.1. The van der Waals surface area contributed by atoms with E-state index < -0.39 is 34.6 Å². The number of rotatable bonds is 11. The van der Waals surface area contributed by atoms with Crippen LogP contribution in [0.3, 0.4) is 0 Å². The smallest absolute Gasteiger partial charge is 0.307 e.